The van der Waals surface area contributed by atoms with Crippen molar-refractivity contribution in [3.8, 4) is 28.0 Å². The maximum atomic E-state index is 13.0. The van der Waals surface area contributed by atoms with Crippen LogP contribution < -0.4 is 21.0 Å². The normalized spacial score (nSPS) is 11.5. The number of benzene rings is 3. The van der Waals surface area contributed by atoms with E-state index in [1.165, 1.54) is 29.8 Å². The van der Waals surface area contributed by atoms with E-state index in [1.54, 1.807) is 18.3 Å². The number of halogens is 9. The van der Waals surface area contributed by atoms with Crippen LogP contribution in [-0.4, -0.2) is 85.7 Å². The van der Waals surface area contributed by atoms with Crippen molar-refractivity contribution in [1.82, 2.24) is 54.8 Å². The van der Waals surface area contributed by atoms with E-state index in [-0.39, 0.29) is 22.4 Å². The third-order valence-corrected chi connectivity index (χ3v) is 15.3. The van der Waals surface area contributed by atoms with Gasteiger partial charge in [0, 0.05) is 106 Å². The number of carbonyl (C=O) groups is 2. The Morgan fingerprint density at radius 3 is 1.32 bits per heavy atom. The summed E-state index contributed by atoms with van der Waals surface area (Å²) in [6.45, 7) is 19.2. The quantitative estimate of drug-likeness (QED) is 0.0428. The highest BCUT2D eigenvalue weighted by Gasteiger charge is 2.49. The van der Waals surface area contributed by atoms with Gasteiger partial charge in [0.05, 0.1) is 16.8 Å². The number of nitrogen functional groups attached to an aromatic ring is 2. The van der Waals surface area contributed by atoms with Crippen molar-refractivity contribution in [2.24, 2.45) is 0 Å². The number of anilines is 3. The van der Waals surface area contributed by atoms with E-state index in [0.717, 1.165) is 110 Å². The number of hydrogen-bond acceptors (Lipinski definition) is 18. The minimum atomic E-state index is -5.74. The summed E-state index contributed by atoms with van der Waals surface area (Å²) < 4.78 is 138. The number of pyridine rings is 5. The molecule has 11 aromatic rings. The molecular weight excluding hydrogens is 1300 g/mol. The van der Waals surface area contributed by atoms with Crippen molar-refractivity contribution >= 4 is 72.2 Å². The van der Waals surface area contributed by atoms with Gasteiger partial charge in [-0.15, -0.1) is 0 Å². The SMILES string of the molecule is CCc1ncc2cc(-c3cc(N)ccc3C)c(C)nc2n1.CCc1ncc2cc(-c3cc(NC(=O)c4cc(C(F)(F)F)ccn4)ccc3C)c(C)nc2n1.CCc1ncc2cc(OS(=O)(=O)C(F)(F)F)c(C)nc2n1.Cc1ccc(N)cc1C.O=C(O)c1cc(C(F)(F)F)ccn1. The lowest BCUT2D eigenvalue weighted by Gasteiger charge is -2.13. The number of carboxylic acid groups (broad SMARTS) is 1. The number of fused-ring (bicyclic) bond motifs is 3. The Bertz CT molecular complexity index is 4850. The molecule has 8 aromatic heterocycles. The van der Waals surface area contributed by atoms with E-state index in [9.17, 15) is 57.5 Å². The number of aromatic carboxylic acids is 1. The molecule has 0 saturated heterocycles. The van der Waals surface area contributed by atoms with Crippen molar-refractivity contribution in [3.63, 3.8) is 0 Å². The Morgan fingerprint density at radius 1 is 0.474 bits per heavy atom. The number of nitrogens with one attached hydrogen (secondary N) is 1. The first-order chi connectivity index (χ1) is 45.5. The fourth-order valence-electron chi connectivity index (χ4n) is 8.88. The molecule has 0 spiro atoms. The Balaban J connectivity index is 0.000000182. The minimum Gasteiger partial charge on any atom is -0.477 e. The summed E-state index contributed by atoms with van der Waals surface area (Å²) in [4.78, 5) is 68.7. The zero-order valence-corrected chi connectivity index (χ0v) is 54.4. The summed E-state index contributed by atoms with van der Waals surface area (Å²) in [5.74, 6) is -0.664. The van der Waals surface area contributed by atoms with Crippen LogP contribution in [0.3, 0.4) is 0 Å². The first kappa shape index (κ1) is 73.5. The average molecular weight is 1360 g/mol. The van der Waals surface area contributed by atoms with Gasteiger partial charge in [0.15, 0.2) is 22.7 Å². The number of hydrogen-bond donors (Lipinski definition) is 4. The maximum absolute atomic E-state index is 13.0. The van der Waals surface area contributed by atoms with E-state index in [0.29, 0.717) is 48.0 Å². The molecule has 6 N–H and O–H groups in total. The fraction of sp³-hybridized carbons (Fsp3) is 0.239. The molecule has 8 heterocycles. The van der Waals surface area contributed by atoms with Gasteiger partial charge in [-0.05, 0) is 161 Å². The number of nitrogens with two attached hydrogens (primary N) is 2. The van der Waals surface area contributed by atoms with Crippen molar-refractivity contribution in [3.05, 3.63) is 207 Å². The summed E-state index contributed by atoms with van der Waals surface area (Å²) in [5.41, 5.74) is 17.0. The number of rotatable bonds is 10. The van der Waals surface area contributed by atoms with Crippen LogP contribution in [0.15, 0.2) is 128 Å². The lowest BCUT2D eigenvalue weighted by molar-refractivity contribution is -0.138. The molecule has 0 fully saturated rings. The van der Waals surface area contributed by atoms with Crippen LogP contribution in [0.5, 0.6) is 5.75 Å². The number of nitrogens with zero attached hydrogens (tertiary/aromatic N) is 11. The number of aromatic nitrogens is 11. The van der Waals surface area contributed by atoms with Crippen molar-refractivity contribution in [2.75, 3.05) is 16.8 Å². The highest BCUT2D eigenvalue weighted by Crippen LogP contribution is 2.35. The summed E-state index contributed by atoms with van der Waals surface area (Å²) >= 11 is 0. The third kappa shape index (κ3) is 19.2. The highest BCUT2D eigenvalue weighted by molar-refractivity contribution is 7.88. The lowest BCUT2D eigenvalue weighted by Crippen LogP contribution is -2.28. The Morgan fingerprint density at radius 2 is 0.887 bits per heavy atom. The largest absolute Gasteiger partial charge is 0.534 e. The Labute approximate surface area is 550 Å². The Kier molecular flexibility index (Phi) is 23.2. The fourth-order valence-corrected chi connectivity index (χ4v) is 9.38. The topological polar surface area (TPSA) is 304 Å². The van der Waals surface area contributed by atoms with Crippen molar-refractivity contribution < 1.29 is 66.8 Å². The second kappa shape index (κ2) is 30.7. The van der Waals surface area contributed by atoms with E-state index in [4.69, 9.17) is 16.6 Å². The van der Waals surface area contributed by atoms with Gasteiger partial charge in [-0.1, -0.05) is 39.0 Å². The van der Waals surface area contributed by atoms with Gasteiger partial charge in [-0.25, -0.2) is 54.6 Å². The molecule has 0 unspecified atom stereocenters. The van der Waals surface area contributed by atoms with Gasteiger partial charge in [-0.3, -0.25) is 9.78 Å². The van der Waals surface area contributed by atoms with Crippen LogP contribution in [-0.2, 0) is 41.7 Å². The van der Waals surface area contributed by atoms with Crippen LogP contribution in [0.25, 0.3) is 55.4 Å². The molecule has 0 saturated carbocycles. The number of amides is 1. The van der Waals surface area contributed by atoms with Gasteiger partial charge < -0.3 is 26.1 Å². The molecule has 30 heteroatoms. The van der Waals surface area contributed by atoms with Gasteiger partial charge in [0.2, 0.25) is 0 Å². The molecule has 3 aromatic carbocycles. The maximum Gasteiger partial charge on any atom is 0.534 e. The molecule has 0 radical (unpaired) electrons. The van der Waals surface area contributed by atoms with Gasteiger partial charge in [-0.2, -0.15) is 47.9 Å². The molecule has 0 atom stereocenters. The molecule has 0 aliphatic rings. The molecule has 506 valence electrons. The van der Waals surface area contributed by atoms with Crippen molar-refractivity contribution in [1.29, 1.82) is 0 Å². The molecule has 97 heavy (non-hydrogen) atoms. The first-order valence-electron chi connectivity index (χ1n) is 29.3. The summed E-state index contributed by atoms with van der Waals surface area (Å²) in [6, 6.07) is 25.1. The second-order valence-corrected chi connectivity index (χ2v) is 23.1. The minimum absolute atomic E-state index is 0.0175. The van der Waals surface area contributed by atoms with Crippen LogP contribution in [0.4, 0.5) is 56.6 Å². The zero-order chi connectivity index (χ0) is 71.5. The van der Waals surface area contributed by atoms with E-state index in [2.05, 4.69) is 91.2 Å². The summed E-state index contributed by atoms with van der Waals surface area (Å²) in [6.07, 6.45) is -0.300. The molecule has 20 nitrogen and oxygen atoms in total. The standard InChI is InChI=1S/C24H20F3N5O.C17H18N4.C11H10F3N3O3S.C8H11N.C7H4F3NO2/c1-4-21-29-12-15-9-19(14(3)30-22(15)32-21)18-11-17(6-5-13(18)2)31-23(33)20-10-16(7-8-28-20)24(25,26)27;1-4-16-19-9-12-7-15(11(3)20-17(12)21-16)14-8-13(18)6-5-10(14)2;1-3-9-15-5-7-4-8(6(2)16-10(7)17-9)20-21(18,19)11(12,13)14;1-6-3-4-8(9)5-7(6)2;8-7(9,10)4-1-2-11-5(3-4)6(12)13/h5-12H,4H2,1-3H3,(H,31,33);5-9H,4,18H2,1-3H3;4-5H,3H2,1-2H3;3-5H,9H2,1-2H3;1-3H,(H,12,13). The molecule has 0 bridgehead atoms. The van der Waals surface area contributed by atoms with E-state index in [1.807, 2.05) is 96.3 Å². The predicted molar refractivity (Wildman–Crippen MR) is 348 cm³/mol. The molecule has 11 rings (SSSR count). The molecular formula is C67H63F9N14O6S. The smallest absolute Gasteiger partial charge is 0.477 e. The highest BCUT2D eigenvalue weighted by atomic mass is 32.2. The lowest BCUT2D eigenvalue weighted by atomic mass is 9.98. The molecule has 0 aliphatic heterocycles. The van der Waals surface area contributed by atoms with Gasteiger partial charge >= 0.3 is 33.9 Å². The van der Waals surface area contributed by atoms with Gasteiger partial charge in [0.1, 0.15) is 28.9 Å². The van der Waals surface area contributed by atoms with Crippen LogP contribution in [0.2, 0.25) is 0 Å². The van der Waals surface area contributed by atoms with Crippen molar-refractivity contribution in [2.45, 2.75) is 106 Å². The zero-order valence-electron chi connectivity index (χ0n) is 53.6. The molecule has 1 amide bonds. The monoisotopic (exact) mass is 1360 g/mol. The summed E-state index contributed by atoms with van der Waals surface area (Å²) in [7, 11) is -5.74. The predicted octanol–water partition coefficient (Wildman–Crippen LogP) is 14.8. The second-order valence-electron chi connectivity index (χ2n) is 21.5. The van der Waals surface area contributed by atoms with Crippen LogP contribution in [0, 0.1) is 48.5 Å². The van der Waals surface area contributed by atoms with Crippen LogP contribution >= 0.6 is 0 Å². The average Bonchev–Trinajstić information content (AvgIpc) is 0.805. The number of carbonyl (C=O) groups excluding carboxylic acids is 1. The third-order valence-electron chi connectivity index (χ3n) is 14.3. The summed E-state index contributed by atoms with van der Waals surface area (Å²) in [5, 5.41) is 13.0. The van der Waals surface area contributed by atoms with Gasteiger partial charge in [0.25, 0.3) is 5.91 Å². The van der Waals surface area contributed by atoms with E-state index >= 15 is 0 Å². The van der Waals surface area contributed by atoms with Crippen LogP contribution in [0.1, 0.15) is 110 Å². The number of alkyl halides is 9. The molecule has 0 aliphatic carbocycles. The first-order valence-corrected chi connectivity index (χ1v) is 30.7. The number of aryl methyl sites for hydroxylation is 10. The Hall–Kier alpha value is -10.9. The number of carboxylic acids is 1. The van der Waals surface area contributed by atoms with E-state index < -0.39 is 62.4 Å².